The summed E-state index contributed by atoms with van der Waals surface area (Å²) in [4.78, 5) is 11.5. The van der Waals surface area contributed by atoms with Gasteiger partial charge in [0.05, 0.1) is 15.4 Å². The van der Waals surface area contributed by atoms with Gasteiger partial charge in [0, 0.05) is 23.7 Å². The van der Waals surface area contributed by atoms with Gasteiger partial charge in [-0.1, -0.05) is 35.3 Å². The number of piperidine rings is 1. The zero-order chi connectivity index (χ0) is 19.4. The molecule has 28 heavy (non-hydrogen) atoms. The van der Waals surface area contributed by atoms with Crippen molar-refractivity contribution in [1.82, 2.24) is 20.2 Å². The molecule has 2 saturated heterocycles. The van der Waals surface area contributed by atoms with Gasteiger partial charge < -0.3 is 10.6 Å². The molecule has 2 aromatic heterocycles. The molecule has 9 heteroatoms. The Balaban J connectivity index is 1.65. The number of benzene rings is 1. The Morgan fingerprint density at radius 1 is 1.18 bits per heavy atom. The minimum absolute atomic E-state index is 0.219. The smallest absolute Gasteiger partial charge is 0.229 e. The van der Waals surface area contributed by atoms with Crippen molar-refractivity contribution in [3.8, 4) is 17.3 Å². The fourth-order valence-electron chi connectivity index (χ4n) is 4.54. The lowest BCUT2D eigenvalue weighted by Gasteiger charge is -2.37. The number of rotatable bonds is 2. The number of hydrogen-bond acceptors (Lipinski definition) is 6. The van der Waals surface area contributed by atoms with Gasteiger partial charge in [0.1, 0.15) is 11.8 Å². The molecule has 0 amide bonds. The van der Waals surface area contributed by atoms with Crippen LogP contribution in [0.5, 0.6) is 0 Å². The maximum atomic E-state index is 9.78. The van der Waals surface area contributed by atoms with Gasteiger partial charge >= 0.3 is 0 Å². The van der Waals surface area contributed by atoms with E-state index in [1.54, 1.807) is 12.1 Å². The maximum absolute atomic E-state index is 9.78. The highest BCUT2D eigenvalue weighted by molar-refractivity contribution is 6.43. The minimum Gasteiger partial charge on any atom is -0.335 e. The lowest BCUT2D eigenvalue weighted by molar-refractivity contribution is 0.409. The Hall–Kier alpha value is -2.40. The average Bonchev–Trinajstić information content (AvgIpc) is 3.22. The van der Waals surface area contributed by atoms with Crippen molar-refractivity contribution < 1.29 is 0 Å². The van der Waals surface area contributed by atoms with E-state index in [0.29, 0.717) is 50.4 Å². The normalized spacial score (nSPS) is 23.9. The number of nitrogens with one attached hydrogen (secondary N) is 1. The Morgan fingerprint density at radius 3 is 2.64 bits per heavy atom. The van der Waals surface area contributed by atoms with Gasteiger partial charge in [-0.3, -0.25) is 5.10 Å². The Labute approximate surface area is 171 Å². The lowest BCUT2D eigenvalue weighted by atomic mass is 9.99. The van der Waals surface area contributed by atoms with Crippen LogP contribution in [0.1, 0.15) is 31.4 Å². The van der Waals surface area contributed by atoms with Crippen LogP contribution in [0, 0.1) is 11.3 Å². The first-order valence-corrected chi connectivity index (χ1v) is 9.97. The van der Waals surface area contributed by atoms with Crippen molar-refractivity contribution in [3.63, 3.8) is 0 Å². The van der Waals surface area contributed by atoms with Crippen LogP contribution in [0.25, 0.3) is 22.3 Å². The molecule has 0 aliphatic carbocycles. The van der Waals surface area contributed by atoms with Crippen molar-refractivity contribution in [2.24, 2.45) is 5.73 Å². The van der Waals surface area contributed by atoms with Crippen molar-refractivity contribution in [3.05, 3.63) is 33.9 Å². The summed E-state index contributed by atoms with van der Waals surface area (Å²) in [5, 5.41) is 18.4. The first kappa shape index (κ1) is 17.7. The third-order valence-corrected chi connectivity index (χ3v) is 6.54. The summed E-state index contributed by atoms with van der Waals surface area (Å²) in [6.45, 7) is 0. The molecule has 2 unspecified atom stereocenters. The van der Waals surface area contributed by atoms with Crippen molar-refractivity contribution in [1.29, 1.82) is 5.26 Å². The molecule has 5 rings (SSSR count). The molecular formula is C19H17Cl2N7. The largest absolute Gasteiger partial charge is 0.335 e. The number of nitrogens with zero attached hydrogens (tertiary/aromatic N) is 5. The van der Waals surface area contributed by atoms with Gasteiger partial charge in [0.25, 0.3) is 0 Å². The third kappa shape index (κ3) is 2.64. The quantitative estimate of drug-likeness (QED) is 0.663. The first-order valence-electron chi connectivity index (χ1n) is 9.21. The van der Waals surface area contributed by atoms with E-state index in [1.807, 2.05) is 6.07 Å². The predicted molar refractivity (Wildman–Crippen MR) is 108 cm³/mol. The highest BCUT2D eigenvalue weighted by Gasteiger charge is 2.41. The van der Waals surface area contributed by atoms with Crippen molar-refractivity contribution >= 4 is 40.2 Å². The Kier molecular flexibility index (Phi) is 4.16. The van der Waals surface area contributed by atoms with E-state index >= 15 is 0 Å². The van der Waals surface area contributed by atoms with Crippen LogP contribution in [-0.2, 0) is 0 Å². The SMILES string of the molecule is N#Cc1nc(N2C3CCC2CC(N)C3)nc2[nH]nc(-c3cccc(Cl)c3Cl)c12. The molecule has 2 bridgehead atoms. The molecule has 0 spiro atoms. The standard InChI is InChI=1S/C19H17Cl2N7/c20-13-3-1-2-12(16(13)21)17-15-14(8-22)24-19(25-18(15)27-26-17)28-10-4-5-11(28)7-9(23)6-10/h1-3,9-11H,4-7,23H2,(H,24,25,26,27). The van der Waals surface area contributed by atoms with E-state index in [9.17, 15) is 5.26 Å². The average molecular weight is 414 g/mol. The number of halogens is 2. The number of H-pyrrole nitrogens is 1. The number of hydrogen-bond donors (Lipinski definition) is 2. The molecule has 4 heterocycles. The Bertz CT molecular complexity index is 1110. The van der Waals surface area contributed by atoms with Gasteiger partial charge in [-0.15, -0.1) is 0 Å². The maximum Gasteiger partial charge on any atom is 0.229 e. The predicted octanol–water partition coefficient (Wildman–Crippen LogP) is 3.66. The van der Waals surface area contributed by atoms with Crippen LogP contribution >= 0.6 is 23.2 Å². The molecule has 2 atom stereocenters. The van der Waals surface area contributed by atoms with E-state index < -0.39 is 0 Å². The zero-order valence-electron chi connectivity index (χ0n) is 14.9. The van der Waals surface area contributed by atoms with E-state index in [4.69, 9.17) is 33.9 Å². The molecule has 2 aliphatic heterocycles. The molecular weight excluding hydrogens is 397 g/mol. The number of aromatic amines is 1. The fraction of sp³-hybridized carbons (Fsp3) is 0.368. The van der Waals surface area contributed by atoms with Gasteiger partial charge in [0.2, 0.25) is 5.95 Å². The second-order valence-corrected chi connectivity index (χ2v) is 8.19. The molecule has 0 radical (unpaired) electrons. The number of nitrogens with two attached hydrogens (primary N) is 1. The van der Waals surface area contributed by atoms with Gasteiger partial charge in [-0.05, 0) is 31.7 Å². The van der Waals surface area contributed by atoms with Crippen LogP contribution in [0.15, 0.2) is 18.2 Å². The van der Waals surface area contributed by atoms with E-state index in [2.05, 4.69) is 26.2 Å². The Morgan fingerprint density at radius 2 is 1.93 bits per heavy atom. The summed E-state index contributed by atoms with van der Waals surface area (Å²) in [5.41, 5.74) is 8.12. The molecule has 2 fully saturated rings. The third-order valence-electron chi connectivity index (χ3n) is 5.72. The van der Waals surface area contributed by atoms with Crippen LogP contribution in [-0.4, -0.2) is 38.3 Å². The highest BCUT2D eigenvalue weighted by Crippen LogP contribution is 2.40. The monoisotopic (exact) mass is 413 g/mol. The lowest BCUT2D eigenvalue weighted by Crippen LogP contribution is -2.48. The summed E-state index contributed by atoms with van der Waals surface area (Å²) < 4.78 is 0. The number of anilines is 1. The van der Waals surface area contributed by atoms with Gasteiger partial charge in [0.15, 0.2) is 11.3 Å². The molecule has 2 aliphatic rings. The summed E-state index contributed by atoms with van der Waals surface area (Å²) in [6, 6.07) is 8.37. The van der Waals surface area contributed by atoms with Crippen LogP contribution in [0.3, 0.4) is 0 Å². The zero-order valence-corrected chi connectivity index (χ0v) is 16.4. The topological polar surface area (TPSA) is 108 Å². The number of fused-ring (bicyclic) bond motifs is 3. The second-order valence-electron chi connectivity index (χ2n) is 7.40. The minimum atomic E-state index is 0.219. The summed E-state index contributed by atoms with van der Waals surface area (Å²) >= 11 is 12.5. The van der Waals surface area contributed by atoms with E-state index in [-0.39, 0.29) is 11.7 Å². The second kappa shape index (κ2) is 6.59. The fourth-order valence-corrected chi connectivity index (χ4v) is 4.93. The van der Waals surface area contributed by atoms with Gasteiger partial charge in [-0.2, -0.15) is 15.3 Å². The molecule has 0 saturated carbocycles. The van der Waals surface area contributed by atoms with E-state index in [0.717, 1.165) is 25.7 Å². The molecule has 3 aromatic rings. The molecule has 7 nitrogen and oxygen atoms in total. The van der Waals surface area contributed by atoms with Crippen molar-refractivity contribution in [2.75, 3.05) is 4.90 Å². The van der Waals surface area contributed by atoms with E-state index in [1.165, 1.54) is 0 Å². The molecule has 1 aromatic carbocycles. The number of nitriles is 1. The van der Waals surface area contributed by atoms with Gasteiger partial charge in [-0.25, -0.2) is 4.98 Å². The van der Waals surface area contributed by atoms with Crippen LogP contribution in [0.4, 0.5) is 5.95 Å². The van der Waals surface area contributed by atoms with Crippen LogP contribution in [0.2, 0.25) is 10.0 Å². The number of aromatic nitrogens is 4. The first-order chi connectivity index (χ1) is 13.6. The summed E-state index contributed by atoms with van der Waals surface area (Å²) in [6.07, 6.45) is 4.00. The summed E-state index contributed by atoms with van der Waals surface area (Å²) in [5.74, 6) is 0.566. The highest BCUT2D eigenvalue weighted by atomic mass is 35.5. The van der Waals surface area contributed by atoms with Crippen LogP contribution < -0.4 is 10.6 Å². The molecule has 142 valence electrons. The summed E-state index contributed by atoms with van der Waals surface area (Å²) in [7, 11) is 0. The molecule has 3 N–H and O–H groups in total. The van der Waals surface area contributed by atoms with Crippen molar-refractivity contribution in [2.45, 2.75) is 43.8 Å².